The first-order valence-electron chi connectivity index (χ1n) is 8.01. The monoisotopic (exact) mass is 360 g/mol. The van der Waals surface area contributed by atoms with Gasteiger partial charge in [0.1, 0.15) is 6.04 Å². The number of piperazine rings is 1. The zero-order chi connectivity index (χ0) is 17.6. The molecule has 1 aromatic carbocycles. The molecule has 2 N–H and O–H groups in total. The zero-order valence-corrected chi connectivity index (χ0v) is 14.7. The van der Waals surface area contributed by atoms with Crippen molar-refractivity contribution in [2.45, 2.75) is 19.0 Å². The van der Waals surface area contributed by atoms with Crippen LogP contribution in [-0.4, -0.2) is 48.0 Å². The molecule has 25 heavy (non-hydrogen) atoms. The molecule has 1 atom stereocenters. The van der Waals surface area contributed by atoms with E-state index in [1.165, 1.54) is 18.4 Å². The van der Waals surface area contributed by atoms with Crippen molar-refractivity contribution in [3.63, 3.8) is 0 Å². The Labute approximate surface area is 150 Å². The summed E-state index contributed by atoms with van der Waals surface area (Å²) in [6.07, 6.45) is 0.0432. The number of aromatic nitrogens is 1. The minimum atomic E-state index is -0.520. The van der Waals surface area contributed by atoms with E-state index in [1.807, 2.05) is 40.6 Å². The number of hydrogen-bond acceptors (Lipinski definition) is 7. The Morgan fingerprint density at radius 1 is 1.44 bits per heavy atom. The van der Waals surface area contributed by atoms with Gasteiger partial charge in [-0.05, 0) is 12.1 Å². The summed E-state index contributed by atoms with van der Waals surface area (Å²) in [5, 5.41) is 8.82. The molecule has 1 fully saturated rings. The van der Waals surface area contributed by atoms with E-state index in [2.05, 4.69) is 15.6 Å². The number of rotatable bonds is 6. The topological polar surface area (TPSA) is 83.6 Å². The molecule has 1 aliphatic heterocycles. The largest absolute Gasteiger partial charge is 0.469 e. The molecule has 0 bridgehead atoms. The van der Waals surface area contributed by atoms with Gasteiger partial charge in [0.15, 0.2) is 5.13 Å². The van der Waals surface area contributed by atoms with Crippen LogP contribution in [0, 0.1) is 0 Å². The molecule has 0 spiro atoms. The second kappa shape index (κ2) is 8.09. The number of nitrogens with zero attached hydrogens (tertiary/aromatic N) is 2. The van der Waals surface area contributed by atoms with Crippen LogP contribution in [0.1, 0.15) is 12.1 Å². The molecule has 0 saturated carbocycles. The molecule has 3 rings (SSSR count). The molecular weight excluding hydrogens is 340 g/mol. The number of anilines is 2. The molecule has 0 aliphatic carbocycles. The number of benzene rings is 1. The zero-order valence-electron chi connectivity index (χ0n) is 13.9. The highest BCUT2D eigenvalue weighted by molar-refractivity contribution is 7.13. The Morgan fingerprint density at radius 3 is 3.00 bits per heavy atom. The van der Waals surface area contributed by atoms with E-state index in [1.54, 1.807) is 0 Å². The quantitative estimate of drug-likeness (QED) is 0.764. The summed E-state index contributed by atoms with van der Waals surface area (Å²) < 4.78 is 4.70. The van der Waals surface area contributed by atoms with Crippen LogP contribution in [0.4, 0.5) is 10.8 Å². The molecular formula is C17H20N4O3S. The molecule has 7 nitrogen and oxygen atoms in total. The lowest BCUT2D eigenvalue weighted by molar-refractivity contribution is -0.146. The van der Waals surface area contributed by atoms with E-state index >= 15 is 0 Å². The molecule has 132 valence electrons. The lowest BCUT2D eigenvalue weighted by Gasteiger charge is -2.33. The third-order valence-electron chi connectivity index (χ3n) is 3.97. The highest BCUT2D eigenvalue weighted by atomic mass is 32.1. The summed E-state index contributed by atoms with van der Waals surface area (Å²) in [7, 11) is 1.33. The number of esters is 1. The summed E-state index contributed by atoms with van der Waals surface area (Å²) in [6.45, 7) is 1.75. The van der Waals surface area contributed by atoms with Crippen molar-refractivity contribution in [1.29, 1.82) is 0 Å². The summed E-state index contributed by atoms with van der Waals surface area (Å²) >= 11 is 1.51. The van der Waals surface area contributed by atoms with Crippen LogP contribution in [0.25, 0.3) is 0 Å². The van der Waals surface area contributed by atoms with Crippen LogP contribution >= 0.6 is 11.3 Å². The van der Waals surface area contributed by atoms with Crippen LogP contribution in [0.15, 0.2) is 35.7 Å². The van der Waals surface area contributed by atoms with E-state index in [9.17, 15) is 9.59 Å². The smallest absolute Gasteiger partial charge is 0.307 e. The fraction of sp³-hybridized carbons (Fsp3) is 0.353. The Hall–Kier alpha value is -2.45. The lowest BCUT2D eigenvalue weighted by atomic mass is 10.1. The van der Waals surface area contributed by atoms with Crippen molar-refractivity contribution in [2.24, 2.45) is 0 Å². The van der Waals surface area contributed by atoms with Crippen LogP contribution in [0.3, 0.4) is 0 Å². The van der Waals surface area contributed by atoms with E-state index in [0.717, 1.165) is 16.5 Å². The summed E-state index contributed by atoms with van der Waals surface area (Å²) in [5.74, 6) is -0.536. The van der Waals surface area contributed by atoms with Crippen LogP contribution in [0.5, 0.6) is 0 Å². The standard InChI is InChI=1S/C17H20N4O3S/c1-24-15(22)9-14-16(23)18-7-8-21(14)10-13-11-25-17(20-13)19-12-5-3-2-4-6-12/h2-6,11,14H,7-10H2,1H3,(H,18,23)(H,19,20). The van der Waals surface area contributed by atoms with Gasteiger partial charge in [0.05, 0.1) is 19.2 Å². The highest BCUT2D eigenvalue weighted by Crippen LogP contribution is 2.22. The molecule has 2 aromatic rings. The van der Waals surface area contributed by atoms with Crippen molar-refractivity contribution in [1.82, 2.24) is 15.2 Å². The van der Waals surface area contributed by atoms with Gasteiger partial charge in [0, 0.05) is 30.7 Å². The molecule has 8 heteroatoms. The molecule has 0 radical (unpaired) electrons. The number of thiazole rings is 1. The minimum Gasteiger partial charge on any atom is -0.469 e. The third-order valence-corrected chi connectivity index (χ3v) is 4.78. The van der Waals surface area contributed by atoms with Crippen molar-refractivity contribution in [3.8, 4) is 0 Å². The van der Waals surface area contributed by atoms with Gasteiger partial charge in [-0.1, -0.05) is 18.2 Å². The van der Waals surface area contributed by atoms with Gasteiger partial charge in [-0.3, -0.25) is 14.5 Å². The lowest BCUT2D eigenvalue weighted by Crippen LogP contribution is -2.55. The fourth-order valence-electron chi connectivity index (χ4n) is 2.70. The minimum absolute atomic E-state index is 0.0432. The molecule has 1 unspecified atom stereocenters. The normalized spacial score (nSPS) is 17.8. The van der Waals surface area contributed by atoms with Crippen LogP contribution in [-0.2, 0) is 20.9 Å². The maximum Gasteiger partial charge on any atom is 0.307 e. The van der Waals surface area contributed by atoms with Gasteiger partial charge < -0.3 is 15.4 Å². The van der Waals surface area contributed by atoms with Crippen LogP contribution < -0.4 is 10.6 Å². The Balaban J connectivity index is 1.66. The number of methoxy groups -OCH3 is 1. The number of para-hydroxylation sites is 1. The van der Waals surface area contributed by atoms with E-state index in [-0.39, 0.29) is 12.3 Å². The number of carbonyl (C=O) groups excluding carboxylic acids is 2. The maximum absolute atomic E-state index is 12.1. The van der Waals surface area contributed by atoms with Crippen molar-refractivity contribution < 1.29 is 14.3 Å². The molecule has 1 aliphatic rings. The number of ether oxygens (including phenoxy) is 1. The van der Waals surface area contributed by atoms with E-state index < -0.39 is 12.0 Å². The van der Waals surface area contributed by atoms with Gasteiger partial charge in [-0.15, -0.1) is 11.3 Å². The van der Waals surface area contributed by atoms with Crippen LogP contribution in [0.2, 0.25) is 0 Å². The van der Waals surface area contributed by atoms with Crippen molar-refractivity contribution in [2.75, 3.05) is 25.5 Å². The summed E-state index contributed by atoms with van der Waals surface area (Å²) in [6, 6.07) is 9.31. The van der Waals surface area contributed by atoms with E-state index in [4.69, 9.17) is 4.74 Å². The number of carbonyl (C=O) groups is 2. The number of amides is 1. The first-order chi connectivity index (χ1) is 12.2. The SMILES string of the molecule is COC(=O)CC1C(=O)NCCN1Cc1csc(Nc2ccccc2)n1. The van der Waals surface area contributed by atoms with Gasteiger partial charge in [-0.25, -0.2) is 4.98 Å². The van der Waals surface area contributed by atoms with E-state index in [0.29, 0.717) is 19.6 Å². The van der Waals surface area contributed by atoms with Gasteiger partial charge in [0.25, 0.3) is 0 Å². The Bertz CT molecular complexity index is 735. The fourth-order valence-corrected chi connectivity index (χ4v) is 3.43. The first kappa shape index (κ1) is 17.4. The predicted molar refractivity (Wildman–Crippen MR) is 95.7 cm³/mol. The second-order valence-electron chi connectivity index (χ2n) is 5.69. The third kappa shape index (κ3) is 4.55. The van der Waals surface area contributed by atoms with Gasteiger partial charge in [0.2, 0.25) is 5.91 Å². The first-order valence-corrected chi connectivity index (χ1v) is 8.88. The molecule has 1 aromatic heterocycles. The number of nitrogens with one attached hydrogen (secondary N) is 2. The Kier molecular flexibility index (Phi) is 5.62. The molecule has 1 saturated heterocycles. The van der Waals surface area contributed by atoms with Crippen molar-refractivity contribution >= 4 is 34.0 Å². The molecule has 2 heterocycles. The van der Waals surface area contributed by atoms with Gasteiger partial charge >= 0.3 is 5.97 Å². The average molecular weight is 360 g/mol. The van der Waals surface area contributed by atoms with Crippen molar-refractivity contribution in [3.05, 3.63) is 41.4 Å². The maximum atomic E-state index is 12.1. The highest BCUT2D eigenvalue weighted by Gasteiger charge is 2.32. The Morgan fingerprint density at radius 2 is 2.24 bits per heavy atom. The summed E-state index contributed by atoms with van der Waals surface area (Å²) in [4.78, 5) is 30.2. The average Bonchev–Trinajstić information content (AvgIpc) is 3.05. The predicted octanol–water partition coefficient (Wildman–Crippen LogP) is 1.75. The second-order valence-corrected chi connectivity index (χ2v) is 6.55. The number of hydrogen-bond donors (Lipinski definition) is 2. The summed E-state index contributed by atoms with van der Waals surface area (Å²) in [5.41, 5.74) is 1.84. The molecule has 1 amide bonds. The van der Waals surface area contributed by atoms with Gasteiger partial charge in [-0.2, -0.15) is 0 Å².